The van der Waals surface area contributed by atoms with Gasteiger partial charge in [0, 0.05) is 37.0 Å². The molecule has 0 heterocycles. The van der Waals surface area contributed by atoms with Gasteiger partial charge in [0.1, 0.15) is 17.8 Å². The molecular formula is C23H34O6. The monoisotopic (exact) mass is 406 g/mol. The summed E-state index contributed by atoms with van der Waals surface area (Å²) >= 11 is 0. The maximum atomic E-state index is 13.2. The Balaban J connectivity index is 1.78. The van der Waals surface area contributed by atoms with Crippen LogP contribution in [0.1, 0.15) is 79.1 Å². The van der Waals surface area contributed by atoms with E-state index >= 15 is 0 Å². The van der Waals surface area contributed by atoms with Crippen LogP contribution < -0.4 is 0 Å². The van der Waals surface area contributed by atoms with Gasteiger partial charge in [-0.25, -0.2) is 0 Å². The largest absolute Gasteiger partial charge is 0.462 e. The average Bonchev–Trinajstić information content (AvgIpc) is 2.92. The summed E-state index contributed by atoms with van der Waals surface area (Å²) in [5.41, 5.74) is -2.24. The molecule has 8 atom stereocenters. The minimum atomic E-state index is -1.33. The second-order valence-corrected chi connectivity index (χ2v) is 10.4. The van der Waals surface area contributed by atoms with Gasteiger partial charge in [0.2, 0.25) is 0 Å². The van der Waals surface area contributed by atoms with Crippen molar-refractivity contribution in [2.75, 3.05) is 0 Å². The first kappa shape index (κ1) is 20.8. The number of hydrogen-bond acceptors (Lipinski definition) is 6. The van der Waals surface area contributed by atoms with E-state index in [1.54, 1.807) is 0 Å². The Labute approximate surface area is 172 Å². The maximum absolute atomic E-state index is 13.2. The van der Waals surface area contributed by atoms with Crippen molar-refractivity contribution in [1.29, 1.82) is 0 Å². The molecule has 0 aromatic rings. The molecule has 0 amide bonds. The van der Waals surface area contributed by atoms with Crippen molar-refractivity contribution in [2.24, 2.45) is 28.6 Å². The molecule has 6 heteroatoms. The van der Waals surface area contributed by atoms with Crippen LogP contribution in [0.15, 0.2) is 0 Å². The lowest BCUT2D eigenvalue weighted by Gasteiger charge is -2.63. The molecule has 0 aromatic heterocycles. The molecule has 0 bridgehead atoms. The fraction of sp³-hybridized carbons (Fsp3) is 0.870. The molecule has 4 aliphatic rings. The summed E-state index contributed by atoms with van der Waals surface area (Å²) in [6.07, 6.45) is 5.08. The Hall–Kier alpha value is -1.43. The molecule has 4 rings (SSSR count). The molecular weight excluding hydrogens is 372 g/mol. The summed E-state index contributed by atoms with van der Waals surface area (Å²) in [4.78, 5) is 37.0. The molecule has 4 fully saturated rings. The van der Waals surface area contributed by atoms with Crippen LogP contribution in [0.5, 0.6) is 0 Å². The topological polar surface area (TPSA) is 89.9 Å². The summed E-state index contributed by atoms with van der Waals surface area (Å²) < 4.78 is 11.6. The van der Waals surface area contributed by atoms with E-state index in [0.29, 0.717) is 19.3 Å². The number of esters is 2. The van der Waals surface area contributed by atoms with Gasteiger partial charge in [-0.3, -0.25) is 14.4 Å². The molecule has 6 nitrogen and oxygen atoms in total. The number of ether oxygens (including phenoxy) is 2. The predicted molar refractivity (Wildman–Crippen MR) is 105 cm³/mol. The van der Waals surface area contributed by atoms with Crippen molar-refractivity contribution in [3.05, 3.63) is 0 Å². The van der Waals surface area contributed by atoms with Crippen molar-refractivity contribution < 1.29 is 29.0 Å². The Morgan fingerprint density at radius 3 is 2.34 bits per heavy atom. The average molecular weight is 407 g/mol. The second kappa shape index (κ2) is 6.79. The summed E-state index contributed by atoms with van der Waals surface area (Å²) in [5.74, 6) is -0.481. The predicted octanol–water partition coefficient (Wildman–Crippen LogP) is 3.19. The van der Waals surface area contributed by atoms with Crippen LogP contribution in [0.25, 0.3) is 0 Å². The molecule has 0 spiro atoms. The first-order valence-corrected chi connectivity index (χ1v) is 11.1. The zero-order valence-corrected chi connectivity index (χ0v) is 18.0. The van der Waals surface area contributed by atoms with Crippen LogP contribution in [0.2, 0.25) is 0 Å². The van der Waals surface area contributed by atoms with Gasteiger partial charge in [0.05, 0.1) is 0 Å². The lowest BCUT2D eigenvalue weighted by atomic mass is 9.42. The van der Waals surface area contributed by atoms with Crippen LogP contribution in [-0.4, -0.2) is 40.6 Å². The zero-order valence-electron chi connectivity index (χ0n) is 18.0. The second-order valence-electron chi connectivity index (χ2n) is 10.4. The van der Waals surface area contributed by atoms with E-state index in [9.17, 15) is 19.5 Å². The van der Waals surface area contributed by atoms with E-state index in [1.807, 2.05) is 6.92 Å². The van der Waals surface area contributed by atoms with Gasteiger partial charge in [0.15, 0.2) is 5.78 Å². The fourth-order valence-corrected chi connectivity index (χ4v) is 7.82. The molecule has 0 saturated heterocycles. The number of rotatable bonds is 2. The maximum Gasteiger partial charge on any atom is 0.302 e. The molecule has 29 heavy (non-hydrogen) atoms. The van der Waals surface area contributed by atoms with E-state index < -0.39 is 11.0 Å². The third kappa shape index (κ3) is 2.88. The van der Waals surface area contributed by atoms with Gasteiger partial charge in [0.25, 0.3) is 0 Å². The molecule has 0 unspecified atom stereocenters. The van der Waals surface area contributed by atoms with Crippen molar-refractivity contribution in [2.45, 2.75) is 96.9 Å². The van der Waals surface area contributed by atoms with Gasteiger partial charge in [-0.15, -0.1) is 0 Å². The summed E-state index contributed by atoms with van der Waals surface area (Å²) in [6.45, 7) is 7.02. The quantitative estimate of drug-likeness (QED) is 0.709. The first-order chi connectivity index (χ1) is 13.5. The summed E-state index contributed by atoms with van der Waals surface area (Å²) in [5, 5.41) is 11.5. The number of carbonyl (C=O) groups excluding carboxylic acids is 3. The number of aliphatic hydroxyl groups is 1. The molecule has 0 radical (unpaired) electrons. The highest BCUT2D eigenvalue weighted by Gasteiger charge is 2.70. The standard InChI is InChI=1S/C23H34O6/c1-13(24)28-17-12-21(3)16(7-8-19(21)29-14(2)25)15-11-18(26)23(27)10-6-5-9-22(23,4)20(15)17/h15-17,19-20,27H,5-12H2,1-4H3/t15-,16-,17+,19+,20+,21-,22+,23-/m0/s1. The fourth-order valence-electron chi connectivity index (χ4n) is 7.82. The van der Waals surface area contributed by atoms with Gasteiger partial charge in [-0.1, -0.05) is 26.7 Å². The number of Topliss-reactive ketones (excluding diaryl/α,β-unsaturated/α-hetero) is 1. The van der Waals surface area contributed by atoms with Crippen LogP contribution in [0.4, 0.5) is 0 Å². The Morgan fingerprint density at radius 2 is 1.69 bits per heavy atom. The molecule has 162 valence electrons. The van der Waals surface area contributed by atoms with E-state index in [4.69, 9.17) is 9.47 Å². The van der Waals surface area contributed by atoms with Crippen LogP contribution >= 0.6 is 0 Å². The molecule has 0 aromatic carbocycles. The van der Waals surface area contributed by atoms with Crippen molar-refractivity contribution in [3.63, 3.8) is 0 Å². The minimum absolute atomic E-state index is 0.0366. The van der Waals surface area contributed by atoms with Gasteiger partial charge >= 0.3 is 11.9 Å². The van der Waals surface area contributed by atoms with Crippen LogP contribution in [-0.2, 0) is 23.9 Å². The highest BCUT2D eigenvalue weighted by atomic mass is 16.6. The number of fused-ring (bicyclic) bond motifs is 5. The van der Waals surface area contributed by atoms with E-state index in [0.717, 1.165) is 32.1 Å². The van der Waals surface area contributed by atoms with Crippen LogP contribution in [0, 0.1) is 28.6 Å². The van der Waals surface area contributed by atoms with Gasteiger partial charge in [-0.05, 0) is 43.9 Å². The van der Waals surface area contributed by atoms with E-state index in [-0.39, 0.29) is 53.1 Å². The number of hydrogen-bond donors (Lipinski definition) is 1. The molecule has 4 aliphatic carbocycles. The Bertz CT molecular complexity index is 733. The normalized spacial score (nSPS) is 48.9. The van der Waals surface area contributed by atoms with E-state index in [2.05, 4.69) is 6.92 Å². The van der Waals surface area contributed by atoms with Gasteiger partial charge in [-0.2, -0.15) is 0 Å². The first-order valence-electron chi connectivity index (χ1n) is 11.1. The lowest BCUT2D eigenvalue weighted by molar-refractivity contribution is -0.233. The number of carbonyl (C=O) groups is 3. The van der Waals surface area contributed by atoms with Crippen molar-refractivity contribution >= 4 is 17.7 Å². The van der Waals surface area contributed by atoms with Gasteiger partial charge < -0.3 is 14.6 Å². The summed E-state index contributed by atoms with van der Waals surface area (Å²) in [6, 6.07) is 0. The SMILES string of the molecule is CC(=O)O[C@@H]1C[C@]2(C)[C@H](OC(C)=O)CC[C@H]2[C@@H]2CC(=O)[C@@]3(O)CCCC[C@]3(C)[C@H]21. The molecule has 1 N–H and O–H groups in total. The van der Waals surface area contributed by atoms with Crippen molar-refractivity contribution in [3.8, 4) is 0 Å². The summed E-state index contributed by atoms with van der Waals surface area (Å²) in [7, 11) is 0. The Morgan fingerprint density at radius 1 is 1.03 bits per heavy atom. The Kier molecular flexibility index (Phi) is 4.88. The van der Waals surface area contributed by atoms with E-state index in [1.165, 1.54) is 13.8 Å². The minimum Gasteiger partial charge on any atom is -0.462 e. The van der Waals surface area contributed by atoms with Crippen LogP contribution in [0.3, 0.4) is 0 Å². The smallest absolute Gasteiger partial charge is 0.302 e. The molecule has 0 aliphatic heterocycles. The third-order valence-electron chi connectivity index (χ3n) is 9.02. The molecule has 4 saturated carbocycles. The zero-order chi connectivity index (χ0) is 21.2. The van der Waals surface area contributed by atoms with Crippen molar-refractivity contribution in [1.82, 2.24) is 0 Å². The lowest BCUT2D eigenvalue weighted by Crippen LogP contribution is -2.69. The highest BCUT2D eigenvalue weighted by molar-refractivity contribution is 5.89. The third-order valence-corrected chi connectivity index (χ3v) is 9.02. The highest BCUT2D eigenvalue weighted by Crippen LogP contribution is 2.67. The number of ketones is 1.